The van der Waals surface area contributed by atoms with E-state index in [1.54, 1.807) is 0 Å². The molecule has 0 aliphatic rings. The third kappa shape index (κ3) is 1.41. The molecule has 0 bridgehead atoms. The van der Waals surface area contributed by atoms with Gasteiger partial charge in [0, 0.05) is 20.2 Å². The van der Waals surface area contributed by atoms with Gasteiger partial charge >= 0.3 is 0 Å². The van der Waals surface area contributed by atoms with Crippen molar-refractivity contribution < 1.29 is 0 Å². The fourth-order valence-corrected chi connectivity index (χ4v) is 5.19. The molecular weight excluding hydrogens is 296 g/mol. The molecule has 0 spiro atoms. The van der Waals surface area contributed by atoms with Gasteiger partial charge < -0.3 is 0 Å². The molecule has 0 amide bonds. The lowest BCUT2D eigenvalue weighted by Gasteiger charge is -2.11. The fourth-order valence-electron chi connectivity index (χ4n) is 4.02. The van der Waals surface area contributed by atoms with E-state index in [2.05, 4.69) is 72.8 Å². The lowest BCUT2D eigenvalue weighted by molar-refractivity contribution is 1.82. The lowest BCUT2D eigenvalue weighted by Crippen LogP contribution is -1.83. The van der Waals surface area contributed by atoms with Crippen molar-refractivity contribution in [3.8, 4) is 0 Å². The summed E-state index contributed by atoms with van der Waals surface area (Å²) in [6.45, 7) is 0. The van der Waals surface area contributed by atoms with Crippen LogP contribution in [0.2, 0.25) is 0 Å². The van der Waals surface area contributed by atoms with Gasteiger partial charge in [0.25, 0.3) is 0 Å². The Morgan fingerprint density at radius 3 is 2.17 bits per heavy atom. The molecule has 0 fully saturated rings. The highest BCUT2D eigenvalue weighted by molar-refractivity contribution is 7.26. The Morgan fingerprint density at radius 2 is 1.26 bits per heavy atom. The number of rotatable bonds is 0. The van der Waals surface area contributed by atoms with Crippen molar-refractivity contribution in [3.63, 3.8) is 0 Å². The Morgan fingerprint density at radius 1 is 0.478 bits per heavy atom. The van der Waals surface area contributed by atoms with Crippen LogP contribution in [0.15, 0.2) is 72.8 Å². The first-order chi connectivity index (χ1) is 11.4. The summed E-state index contributed by atoms with van der Waals surface area (Å²) in [6, 6.07) is 26.8. The number of hydrogen-bond donors (Lipinski definition) is 0. The largest absolute Gasteiger partial charge is 0.135 e. The highest BCUT2D eigenvalue weighted by Crippen LogP contribution is 2.43. The van der Waals surface area contributed by atoms with Crippen molar-refractivity contribution in [2.45, 2.75) is 0 Å². The highest BCUT2D eigenvalue weighted by Gasteiger charge is 2.14. The molecule has 0 atom stereocenters. The molecule has 6 rings (SSSR count). The fraction of sp³-hybridized carbons (Fsp3) is 0. The van der Waals surface area contributed by atoms with E-state index < -0.39 is 0 Å². The normalized spacial score (nSPS) is 12.3. The molecule has 0 aliphatic heterocycles. The molecule has 0 N–H and O–H groups in total. The van der Waals surface area contributed by atoms with Crippen LogP contribution in [0.1, 0.15) is 0 Å². The number of fused-ring (bicyclic) bond motifs is 4. The first-order valence-electron chi connectivity index (χ1n) is 7.88. The molecule has 6 aromatic rings. The maximum atomic E-state index is 2.37. The maximum absolute atomic E-state index is 2.37. The van der Waals surface area contributed by atoms with E-state index in [9.17, 15) is 0 Å². The zero-order valence-electron chi connectivity index (χ0n) is 12.3. The third-order valence-electron chi connectivity index (χ3n) is 4.99. The zero-order valence-corrected chi connectivity index (χ0v) is 13.2. The van der Waals surface area contributed by atoms with Gasteiger partial charge in [0.05, 0.1) is 0 Å². The quantitative estimate of drug-likeness (QED) is 0.266. The van der Waals surface area contributed by atoms with Crippen LogP contribution in [0.3, 0.4) is 0 Å². The molecule has 0 aliphatic carbocycles. The molecule has 0 nitrogen and oxygen atoms in total. The second-order valence-corrected chi connectivity index (χ2v) is 7.29. The van der Waals surface area contributed by atoms with Crippen LogP contribution in [0.4, 0.5) is 0 Å². The Bertz CT molecular complexity index is 1340. The van der Waals surface area contributed by atoms with E-state index in [0.29, 0.717) is 0 Å². The van der Waals surface area contributed by atoms with Crippen molar-refractivity contribution in [2.75, 3.05) is 0 Å². The van der Waals surface area contributed by atoms with E-state index >= 15 is 0 Å². The van der Waals surface area contributed by atoms with Crippen LogP contribution in [0.25, 0.3) is 52.5 Å². The van der Waals surface area contributed by atoms with Crippen molar-refractivity contribution in [2.24, 2.45) is 0 Å². The molecule has 0 radical (unpaired) electrons. The van der Waals surface area contributed by atoms with E-state index in [1.807, 2.05) is 11.3 Å². The van der Waals surface area contributed by atoms with Gasteiger partial charge in [0.2, 0.25) is 0 Å². The zero-order chi connectivity index (χ0) is 15.0. The monoisotopic (exact) mass is 308 g/mol. The van der Waals surface area contributed by atoms with E-state index in [1.165, 1.54) is 52.5 Å². The molecule has 106 valence electrons. The van der Waals surface area contributed by atoms with Gasteiger partial charge in [-0.2, -0.15) is 0 Å². The Labute approximate surface area is 136 Å². The molecule has 0 saturated carbocycles. The first kappa shape index (κ1) is 11.9. The van der Waals surface area contributed by atoms with Gasteiger partial charge in [0.1, 0.15) is 0 Å². The summed E-state index contributed by atoms with van der Waals surface area (Å²) in [6.07, 6.45) is 0. The van der Waals surface area contributed by atoms with Crippen LogP contribution < -0.4 is 0 Å². The lowest BCUT2D eigenvalue weighted by atomic mass is 9.92. The second kappa shape index (κ2) is 4.01. The van der Waals surface area contributed by atoms with Crippen LogP contribution >= 0.6 is 11.3 Å². The molecule has 0 saturated heterocycles. The first-order valence-corrected chi connectivity index (χ1v) is 8.69. The van der Waals surface area contributed by atoms with Crippen molar-refractivity contribution in [1.82, 2.24) is 0 Å². The number of hydrogen-bond acceptors (Lipinski definition) is 1. The van der Waals surface area contributed by atoms with Crippen LogP contribution in [0.5, 0.6) is 0 Å². The highest BCUT2D eigenvalue weighted by atomic mass is 32.1. The Hall–Kier alpha value is -2.64. The van der Waals surface area contributed by atoms with Crippen molar-refractivity contribution >= 4 is 63.8 Å². The average Bonchev–Trinajstić information content (AvgIpc) is 2.97. The van der Waals surface area contributed by atoms with Gasteiger partial charge in [-0.05, 0) is 44.5 Å². The molecular formula is C22H12S. The van der Waals surface area contributed by atoms with Gasteiger partial charge in [-0.25, -0.2) is 0 Å². The number of benzene rings is 5. The smallest absolute Gasteiger partial charge is 0.0367 e. The molecule has 0 unspecified atom stereocenters. The average molecular weight is 308 g/mol. The summed E-state index contributed by atoms with van der Waals surface area (Å²) in [4.78, 5) is 0. The summed E-state index contributed by atoms with van der Waals surface area (Å²) >= 11 is 1.90. The van der Waals surface area contributed by atoms with Crippen molar-refractivity contribution in [3.05, 3.63) is 72.8 Å². The molecule has 1 heterocycles. The van der Waals surface area contributed by atoms with Gasteiger partial charge in [0.15, 0.2) is 0 Å². The Balaban J connectivity index is 2.04. The molecule has 5 aromatic carbocycles. The minimum Gasteiger partial charge on any atom is -0.135 e. The standard InChI is InChI=1S/C22H12S/c1-2-7-18-16(6-1)22-17-11-10-14-5-3-4-13-8-9-15(12-19(22)23-18)21(17)20(13)14/h1-12H. The van der Waals surface area contributed by atoms with E-state index in [4.69, 9.17) is 0 Å². The summed E-state index contributed by atoms with van der Waals surface area (Å²) in [5.74, 6) is 0. The third-order valence-corrected chi connectivity index (χ3v) is 6.11. The number of thiophene rings is 1. The topological polar surface area (TPSA) is 0 Å². The molecule has 1 aromatic heterocycles. The van der Waals surface area contributed by atoms with Gasteiger partial charge in [-0.1, -0.05) is 60.7 Å². The van der Waals surface area contributed by atoms with E-state index in [0.717, 1.165) is 0 Å². The summed E-state index contributed by atoms with van der Waals surface area (Å²) in [5.41, 5.74) is 0. The van der Waals surface area contributed by atoms with Crippen LogP contribution in [-0.4, -0.2) is 0 Å². The molecule has 23 heavy (non-hydrogen) atoms. The maximum Gasteiger partial charge on any atom is 0.0367 e. The van der Waals surface area contributed by atoms with Gasteiger partial charge in [-0.3, -0.25) is 0 Å². The minimum atomic E-state index is 1.33. The minimum absolute atomic E-state index is 1.33. The summed E-state index contributed by atoms with van der Waals surface area (Å²) in [5, 5.41) is 11.0. The van der Waals surface area contributed by atoms with E-state index in [-0.39, 0.29) is 0 Å². The van der Waals surface area contributed by atoms with Gasteiger partial charge in [-0.15, -0.1) is 11.3 Å². The predicted octanol–water partition coefficient (Wildman–Crippen LogP) is 6.95. The van der Waals surface area contributed by atoms with Crippen LogP contribution in [-0.2, 0) is 0 Å². The Kier molecular flexibility index (Phi) is 2.07. The second-order valence-electron chi connectivity index (χ2n) is 6.20. The summed E-state index contributed by atoms with van der Waals surface area (Å²) in [7, 11) is 0. The SMILES string of the molecule is c1cc2ccc3cc4sc5ccccc5c4c4ccc(c1)c2c34. The predicted molar refractivity (Wildman–Crippen MR) is 103 cm³/mol. The molecule has 1 heteroatoms. The summed E-state index contributed by atoms with van der Waals surface area (Å²) < 4.78 is 2.76. The van der Waals surface area contributed by atoms with Crippen LogP contribution in [0, 0.1) is 0 Å². The van der Waals surface area contributed by atoms with Crippen molar-refractivity contribution in [1.29, 1.82) is 0 Å².